The molecule has 3 rings (SSSR count). The van der Waals surface area contributed by atoms with Gasteiger partial charge in [-0.25, -0.2) is 5.43 Å². The summed E-state index contributed by atoms with van der Waals surface area (Å²) in [5.41, 5.74) is 6.02. The molecule has 0 heterocycles. The molecule has 9 heteroatoms. The van der Waals surface area contributed by atoms with E-state index < -0.39 is 11.8 Å². The van der Waals surface area contributed by atoms with Crippen LogP contribution in [0.25, 0.3) is 0 Å². The lowest BCUT2D eigenvalue weighted by Gasteiger charge is -2.13. The summed E-state index contributed by atoms with van der Waals surface area (Å²) in [5.74, 6) is -0.845. The maximum absolute atomic E-state index is 12.2. The third kappa shape index (κ3) is 6.27. The maximum Gasteiger partial charge on any atom is 0.329 e. The van der Waals surface area contributed by atoms with E-state index in [9.17, 15) is 9.59 Å². The van der Waals surface area contributed by atoms with Crippen molar-refractivity contribution in [2.24, 2.45) is 5.10 Å². The fraction of sp³-hybridized carbons (Fsp3) is 0.160. The van der Waals surface area contributed by atoms with Crippen LogP contribution in [0, 0.1) is 13.8 Å². The minimum atomic E-state index is -0.904. The van der Waals surface area contributed by atoms with E-state index in [1.165, 1.54) is 13.3 Å². The first-order valence-electron chi connectivity index (χ1n) is 10.2. The van der Waals surface area contributed by atoms with Gasteiger partial charge in [0.2, 0.25) is 0 Å². The van der Waals surface area contributed by atoms with Crippen LogP contribution in [-0.2, 0) is 16.2 Å². The van der Waals surface area contributed by atoms with E-state index in [1.54, 1.807) is 48.5 Å². The number of hydrogen-bond acceptors (Lipinski definition) is 5. The summed E-state index contributed by atoms with van der Waals surface area (Å²) >= 11 is 12.0. The van der Waals surface area contributed by atoms with E-state index in [-0.39, 0.29) is 6.61 Å². The SMILES string of the molecule is COc1cccc(/C=N\NC(=O)C(=O)Nc2cccc(C)c2C)c1OCc1ccc(Cl)c(Cl)c1. The molecule has 3 aromatic rings. The van der Waals surface area contributed by atoms with Crippen molar-refractivity contribution in [3.8, 4) is 11.5 Å². The monoisotopic (exact) mass is 499 g/mol. The highest BCUT2D eigenvalue weighted by atomic mass is 35.5. The molecule has 2 N–H and O–H groups in total. The summed E-state index contributed by atoms with van der Waals surface area (Å²) < 4.78 is 11.3. The molecule has 34 heavy (non-hydrogen) atoms. The lowest BCUT2D eigenvalue weighted by molar-refractivity contribution is -0.136. The third-order valence-electron chi connectivity index (χ3n) is 5.03. The summed E-state index contributed by atoms with van der Waals surface area (Å²) in [6.45, 7) is 3.98. The summed E-state index contributed by atoms with van der Waals surface area (Å²) in [7, 11) is 1.52. The number of nitrogens with one attached hydrogen (secondary N) is 2. The molecule has 0 bridgehead atoms. The standard InChI is InChI=1S/C25H23Cl2N3O4/c1-15-6-4-8-21(16(15)2)29-24(31)25(32)30-28-13-18-7-5-9-22(33-3)23(18)34-14-17-10-11-19(26)20(27)12-17/h4-13H,14H2,1-3H3,(H,29,31)(H,30,32)/b28-13-. The van der Waals surface area contributed by atoms with Gasteiger partial charge in [-0.2, -0.15) is 5.10 Å². The Balaban J connectivity index is 1.68. The van der Waals surface area contributed by atoms with E-state index in [2.05, 4.69) is 15.8 Å². The second-order valence-corrected chi connectivity index (χ2v) is 8.13. The van der Waals surface area contributed by atoms with E-state index >= 15 is 0 Å². The van der Waals surface area contributed by atoms with Gasteiger partial charge in [-0.15, -0.1) is 0 Å². The van der Waals surface area contributed by atoms with Gasteiger partial charge < -0.3 is 14.8 Å². The van der Waals surface area contributed by atoms with Gasteiger partial charge in [0.1, 0.15) is 6.61 Å². The zero-order chi connectivity index (χ0) is 24.7. The average molecular weight is 500 g/mol. The Kier molecular flexibility index (Phi) is 8.51. The molecule has 0 aliphatic rings. The minimum absolute atomic E-state index is 0.197. The fourth-order valence-electron chi connectivity index (χ4n) is 3.01. The van der Waals surface area contributed by atoms with Crippen LogP contribution in [0.15, 0.2) is 59.7 Å². The second kappa shape index (κ2) is 11.5. The molecule has 2 amide bonds. The van der Waals surface area contributed by atoms with Crippen molar-refractivity contribution in [2.45, 2.75) is 20.5 Å². The number of carbonyl (C=O) groups is 2. The van der Waals surface area contributed by atoms with E-state index in [4.69, 9.17) is 32.7 Å². The average Bonchev–Trinajstić information content (AvgIpc) is 2.82. The molecule has 0 aliphatic carbocycles. The lowest BCUT2D eigenvalue weighted by Crippen LogP contribution is -2.32. The molecule has 0 aromatic heterocycles. The van der Waals surface area contributed by atoms with E-state index in [0.29, 0.717) is 32.8 Å². The third-order valence-corrected chi connectivity index (χ3v) is 5.76. The molecular weight excluding hydrogens is 477 g/mol. The van der Waals surface area contributed by atoms with Gasteiger partial charge in [0, 0.05) is 11.3 Å². The van der Waals surface area contributed by atoms with Crippen LogP contribution in [0.4, 0.5) is 5.69 Å². The van der Waals surface area contributed by atoms with Crippen molar-refractivity contribution in [1.82, 2.24) is 5.43 Å². The van der Waals surface area contributed by atoms with Gasteiger partial charge in [-0.05, 0) is 60.9 Å². The normalized spacial score (nSPS) is 10.7. The number of benzene rings is 3. The van der Waals surface area contributed by atoms with E-state index in [1.807, 2.05) is 19.9 Å². The van der Waals surface area contributed by atoms with Crippen molar-refractivity contribution in [3.63, 3.8) is 0 Å². The van der Waals surface area contributed by atoms with Gasteiger partial charge in [-0.1, -0.05) is 47.5 Å². The Labute approximate surface area is 207 Å². The highest BCUT2D eigenvalue weighted by molar-refractivity contribution is 6.42. The van der Waals surface area contributed by atoms with Crippen LogP contribution in [0.2, 0.25) is 10.0 Å². The van der Waals surface area contributed by atoms with Gasteiger partial charge in [0.15, 0.2) is 11.5 Å². The number of halogens is 2. The number of amides is 2. The van der Waals surface area contributed by atoms with E-state index in [0.717, 1.165) is 16.7 Å². The number of nitrogens with zero attached hydrogens (tertiary/aromatic N) is 1. The Morgan fingerprint density at radius 1 is 1.00 bits per heavy atom. The second-order valence-electron chi connectivity index (χ2n) is 7.32. The van der Waals surface area contributed by atoms with Gasteiger partial charge in [0.25, 0.3) is 0 Å². The van der Waals surface area contributed by atoms with Crippen LogP contribution >= 0.6 is 23.2 Å². The van der Waals surface area contributed by atoms with Gasteiger partial charge in [-0.3, -0.25) is 9.59 Å². The zero-order valence-corrected chi connectivity index (χ0v) is 20.3. The Bertz CT molecular complexity index is 1240. The largest absolute Gasteiger partial charge is 0.493 e. The summed E-state index contributed by atoms with van der Waals surface area (Å²) in [6.07, 6.45) is 1.37. The predicted octanol–water partition coefficient (Wildman–Crippen LogP) is 5.29. The van der Waals surface area contributed by atoms with Crippen LogP contribution in [-0.4, -0.2) is 25.1 Å². The molecule has 0 fully saturated rings. The number of hydrazone groups is 1. The zero-order valence-electron chi connectivity index (χ0n) is 18.8. The lowest BCUT2D eigenvalue weighted by atomic mass is 10.1. The first-order chi connectivity index (χ1) is 16.3. The number of rotatable bonds is 7. The number of para-hydroxylation sites is 1. The molecule has 3 aromatic carbocycles. The Morgan fingerprint density at radius 3 is 2.50 bits per heavy atom. The number of ether oxygens (including phenoxy) is 2. The van der Waals surface area contributed by atoms with Crippen LogP contribution in [0.3, 0.4) is 0 Å². The fourth-order valence-corrected chi connectivity index (χ4v) is 3.33. The summed E-state index contributed by atoms with van der Waals surface area (Å²) in [6, 6.07) is 15.9. The molecule has 0 saturated heterocycles. The molecule has 0 aliphatic heterocycles. The minimum Gasteiger partial charge on any atom is -0.493 e. The molecular formula is C25H23Cl2N3O4. The van der Waals surface area contributed by atoms with Crippen LogP contribution in [0.5, 0.6) is 11.5 Å². The van der Waals surface area contributed by atoms with Crippen molar-refractivity contribution >= 4 is 46.9 Å². The van der Waals surface area contributed by atoms with Crippen molar-refractivity contribution in [2.75, 3.05) is 12.4 Å². The topological polar surface area (TPSA) is 89.0 Å². The predicted molar refractivity (Wildman–Crippen MR) is 134 cm³/mol. The number of methoxy groups -OCH3 is 1. The number of anilines is 1. The molecule has 0 atom stereocenters. The molecule has 0 radical (unpaired) electrons. The maximum atomic E-state index is 12.2. The smallest absolute Gasteiger partial charge is 0.329 e. The number of aryl methyl sites for hydroxylation is 1. The number of hydrogen-bond donors (Lipinski definition) is 2. The van der Waals surface area contributed by atoms with Crippen molar-refractivity contribution < 1.29 is 19.1 Å². The summed E-state index contributed by atoms with van der Waals surface area (Å²) in [5, 5.41) is 7.36. The van der Waals surface area contributed by atoms with Gasteiger partial charge >= 0.3 is 11.8 Å². The Hall–Kier alpha value is -3.55. The molecule has 0 spiro atoms. The molecule has 7 nitrogen and oxygen atoms in total. The highest BCUT2D eigenvalue weighted by Gasteiger charge is 2.15. The quantitative estimate of drug-likeness (QED) is 0.262. The first-order valence-corrected chi connectivity index (χ1v) is 11.0. The highest BCUT2D eigenvalue weighted by Crippen LogP contribution is 2.31. The van der Waals surface area contributed by atoms with Crippen molar-refractivity contribution in [1.29, 1.82) is 0 Å². The Morgan fingerprint density at radius 2 is 1.76 bits per heavy atom. The summed E-state index contributed by atoms with van der Waals surface area (Å²) in [4.78, 5) is 24.4. The van der Waals surface area contributed by atoms with Crippen LogP contribution < -0.4 is 20.2 Å². The van der Waals surface area contributed by atoms with Gasteiger partial charge in [0.05, 0.1) is 23.4 Å². The molecule has 0 saturated carbocycles. The van der Waals surface area contributed by atoms with Crippen LogP contribution in [0.1, 0.15) is 22.3 Å². The molecule has 0 unspecified atom stereocenters. The number of carbonyl (C=O) groups excluding carboxylic acids is 2. The first kappa shape index (κ1) is 25.1. The van der Waals surface area contributed by atoms with Crippen molar-refractivity contribution in [3.05, 3.63) is 86.9 Å². The molecule has 176 valence electrons.